The predicted octanol–water partition coefficient (Wildman–Crippen LogP) is 1.98. The van der Waals surface area contributed by atoms with Crippen LogP contribution in [0.2, 0.25) is 0 Å². The summed E-state index contributed by atoms with van der Waals surface area (Å²) < 4.78 is 41.2. The number of nitrogens with zero attached hydrogens (tertiary/aromatic N) is 1. The number of halogens is 1. The molecule has 3 N–H and O–H groups in total. The molecule has 0 aliphatic carbocycles. The van der Waals surface area contributed by atoms with Crippen LogP contribution in [0.3, 0.4) is 0 Å². The van der Waals surface area contributed by atoms with Crippen LogP contribution in [0, 0.1) is 11.0 Å². The van der Waals surface area contributed by atoms with E-state index in [4.69, 9.17) is 0 Å². The van der Waals surface area contributed by atoms with Gasteiger partial charge < -0.3 is 10.5 Å². The Kier molecular flexibility index (Phi) is 6.04. The van der Waals surface area contributed by atoms with Gasteiger partial charge >= 0.3 is 0 Å². The summed E-state index contributed by atoms with van der Waals surface area (Å²) in [5.74, 6) is -1.23. The Morgan fingerprint density at radius 2 is 1.66 bits per heavy atom. The topological polar surface area (TPSA) is 114 Å². The third kappa shape index (κ3) is 4.27. The minimum absolute atomic E-state index is 0.0471. The van der Waals surface area contributed by atoms with Gasteiger partial charge in [0.25, 0.3) is 0 Å². The summed E-state index contributed by atoms with van der Waals surface area (Å²) in [6, 6.07) is 16.4. The highest BCUT2D eigenvalue weighted by atomic mass is 32.2. The lowest BCUT2D eigenvalue weighted by Crippen LogP contribution is -2.99. The second-order valence-corrected chi connectivity index (χ2v) is 9.22. The van der Waals surface area contributed by atoms with Crippen molar-refractivity contribution in [2.24, 2.45) is 0 Å². The van der Waals surface area contributed by atoms with Crippen molar-refractivity contribution >= 4 is 27.3 Å². The molecule has 0 radical (unpaired) electrons. The van der Waals surface area contributed by atoms with Crippen molar-refractivity contribution in [3.8, 4) is 0 Å². The van der Waals surface area contributed by atoms with E-state index in [1.807, 2.05) is 6.07 Å². The molecule has 2 atom stereocenters. The molecule has 32 heavy (non-hydrogen) atoms. The number of quaternary nitrogens is 1. The van der Waals surface area contributed by atoms with E-state index in [0.29, 0.717) is 0 Å². The molecule has 0 aromatic heterocycles. The van der Waals surface area contributed by atoms with Crippen LogP contribution in [0.4, 0.5) is 15.8 Å². The highest BCUT2D eigenvalue weighted by molar-refractivity contribution is 7.89. The molecule has 1 heterocycles. The Balaban J connectivity index is 1.72. The van der Waals surface area contributed by atoms with Crippen molar-refractivity contribution in [1.29, 1.82) is 0 Å². The first kappa shape index (κ1) is 22.1. The molecule has 0 saturated carbocycles. The average Bonchev–Trinajstić information content (AvgIpc) is 2.78. The molecule has 1 amide bonds. The largest absolute Gasteiger partial charge is 0.595 e. The Labute approximate surface area is 184 Å². The molecule has 8 nitrogen and oxygen atoms in total. The Morgan fingerprint density at radius 1 is 1.03 bits per heavy atom. The van der Waals surface area contributed by atoms with Crippen LogP contribution in [0.5, 0.6) is 0 Å². The number of amides is 1. The smallest absolute Gasteiger partial charge is 0.244 e. The van der Waals surface area contributed by atoms with Crippen molar-refractivity contribution in [3.05, 3.63) is 94.9 Å². The van der Waals surface area contributed by atoms with Crippen molar-refractivity contribution in [1.82, 2.24) is 4.31 Å². The van der Waals surface area contributed by atoms with Crippen LogP contribution in [0.1, 0.15) is 11.1 Å². The summed E-state index contributed by atoms with van der Waals surface area (Å²) in [7, 11) is -4.14. The number of hydrogen-bond donors (Lipinski definition) is 3. The third-order valence-electron chi connectivity index (χ3n) is 5.34. The van der Waals surface area contributed by atoms with E-state index in [9.17, 15) is 28.0 Å². The van der Waals surface area contributed by atoms with E-state index >= 15 is 0 Å². The van der Waals surface area contributed by atoms with Crippen LogP contribution in [0.25, 0.3) is 0 Å². The molecule has 4 rings (SSSR count). The number of benzene rings is 3. The maximum Gasteiger partial charge on any atom is 0.244 e. The molecule has 1 unspecified atom stereocenters. The number of sulfonamides is 1. The van der Waals surface area contributed by atoms with Crippen molar-refractivity contribution in [2.45, 2.75) is 23.9 Å². The first-order valence-corrected chi connectivity index (χ1v) is 11.2. The first-order chi connectivity index (χ1) is 15.3. The van der Waals surface area contributed by atoms with Crippen molar-refractivity contribution in [3.63, 3.8) is 0 Å². The number of hydrogen-bond acceptors (Lipinski definition) is 5. The molecule has 0 fully saturated rings. The summed E-state index contributed by atoms with van der Waals surface area (Å²) >= 11 is 0. The Morgan fingerprint density at radius 3 is 2.34 bits per heavy atom. The SMILES string of the molecule is O=C(Nc1ccccc1[NH+]([O-])O)[C@H]1Cc2ccccc2CN1S(=O)(=O)c1ccc(F)cc1. The minimum atomic E-state index is -4.14. The van der Waals surface area contributed by atoms with E-state index < -0.39 is 33.0 Å². The fourth-order valence-corrected chi connectivity index (χ4v) is 5.28. The van der Waals surface area contributed by atoms with Gasteiger partial charge in [0.05, 0.1) is 4.90 Å². The predicted molar refractivity (Wildman–Crippen MR) is 114 cm³/mol. The maximum absolute atomic E-state index is 13.4. The molecule has 1 aliphatic heterocycles. The van der Waals surface area contributed by atoms with Gasteiger partial charge in [0.1, 0.15) is 17.5 Å². The lowest BCUT2D eigenvalue weighted by molar-refractivity contribution is -0.990. The second kappa shape index (κ2) is 8.77. The number of para-hydroxylation sites is 2. The van der Waals surface area contributed by atoms with Gasteiger partial charge in [-0.3, -0.25) is 4.79 Å². The van der Waals surface area contributed by atoms with Gasteiger partial charge in [0.15, 0.2) is 5.69 Å². The van der Waals surface area contributed by atoms with Crippen molar-refractivity contribution in [2.75, 3.05) is 5.32 Å². The number of nitrogens with one attached hydrogen (secondary N) is 2. The van der Waals surface area contributed by atoms with Crippen LogP contribution in [0.15, 0.2) is 77.7 Å². The third-order valence-corrected chi connectivity index (χ3v) is 7.21. The number of fused-ring (bicyclic) bond motifs is 1. The molecule has 3 aromatic carbocycles. The van der Waals surface area contributed by atoms with Crippen LogP contribution in [-0.2, 0) is 27.8 Å². The Hall–Kier alpha value is -3.15. The lowest BCUT2D eigenvalue weighted by atomic mass is 9.95. The summed E-state index contributed by atoms with van der Waals surface area (Å²) in [6.45, 7) is -0.0471. The maximum atomic E-state index is 13.4. The zero-order valence-electron chi connectivity index (χ0n) is 16.7. The standard InChI is InChI=1S/C22H20FN3O5S/c23-17-9-11-18(12-10-17)32(30,31)25-14-16-6-2-1-5-15(16)13-21(25)22(27)24-19-7-3-4-8-20(19)26(28)29/h1-12,21,26,28H,13-14H2,(H,24,27)/t21-/m1/s1. The highest BCUT2D eigenvalue weighted by Gasteiger charge is 2.40. The molecule has 10 heteroatoms. The fourth-order valence-electron chi connectivity index (χ4n) is 3.71. The fraction of sp³-hybridized carbons (Fsp3) is 0.136. The van der Waals surface area contributed by atoms with Gasteiger partial charge in [-0.25, -0.2) is 18.0 Å². The molecule has 166 valence electrons. The van der Waals surface area contributed by atoms with Crippen molar-refractivity contribution < 1.29 is 28.0 Å². The van der Waals surface area contributed by atoms with Gasteiger partial charge in [-0.05, 0) is 47.9 Å². The molecule has 1 aliphatic rings. The minimum Gasteiger partial charge on any atom is -0.595 e. The van der Waals surface area contributed by atoms with Gasteiger partial charge in [-0.15, -0.1) is 0 Å². The van der Waals surface area contributed by atoms with Gasteiger partial charge in [0, 0.05) is 12.6 Å². The monoisotopic (exact) mass is 457 g/mol. The highest BCUT2D eigenvalue weighted by Crippen LogP contribution is 2.30. The molecule has 3 aromatic rings. The first-order valence-electron chi connectivity index (χ1n) is 9.75. The van der Waals surface area contributed by atoms with Gasteiger partial charge in [-0.2, -0.15) is 9.53 Å². The molecular weight excluding hydrogens is 437 g/mol. The lowest BCUT2D eigenvalue weighted by Gasteiger charge is -2.35. The zero-order valence-corrected chi connectivity index (χ0v) is 17.5. The zero-order chi connectivity index (χ0) is 22.9. The normalized spacial score (nSPS) is 17.4. The molecule has 0 bridgehead atoms. The molecular formula is C22H20FN3O5S. The van der Waals surface area contributed by atoms with Crippen LogP contribution in [-0.4, -0.2) is 29.9 Å². The van der Waals surface area contributed by atoms with E-state index in [0.717, 1.165) is 39.7 Å². The van der Waals surface area contributed by atoms with E-state index in [1.165, 1.54) is 18.2 Å². The number of carbonyl (C=O) groups excluding carboxylic acids is 1. The second-order valence-electron chi connectivity index (χ2n) is 7.33. The van der Waals surface area contributed by atoms with E-state index in [1.54, 1.807) is 24.3 Å². The number of rotatable bonds is 5. The average molecular weight is 457 g/mol. The van der Waals surface area contributed by atoms with Gasteiger partial charge in [-0.1, -0.05) is 36.4 Å². The number of anilines is 1. The van der Waals surface area contributed by atoms with Crippen LogP contribution >= 0.6 is 0 Å². The summed E-state index contributed by atoms with van der Waals surface area (Å²) in [6.07, 6.45) is 0.109. The summed E-state index contributed by atoms with van der Waals surface area (Å²) in [4.78, 5) is 13.1. The Bertz CT molecular complexity index is 1250. The quantitative estimate of drug-likeness (QED) is 0.507. The molecule has 0 spiro atoms. The molecule has 0 saturated heterocycles. The van der Waals surface area contributed by atoms with E-state index in [-0.39, 0.29) is 29.2 Å². The van der Waals surface area contributed by atoms with E-state index in [2.05, 4.69) is 5.32 Å². The van der Waals surface area contributed by atoms with Gasteiger partial charge in [0.2, 0.25) is 15.9 Å². The summed E-state index contributed by atoms with van der Waals surface area (Å²) in [5, 5.41) is 22.2. The van der Waals surface area contributed by atoms with Crippen LogP contribution < -0.4 is 10.5 Å². The summed E-state index contributed by atoms with van der Waals surface area (Å²) in [5.41, 5.74) is 1.55. The number of carbonyl (C=O) groups is 1.